The molecule has 1 aliphatic carbocycles. The quantitative estimate of drug-likeness (QED) is 0.831. The molecule has 2 rings (SSSR count). The van der Waals surface area contributed by atoms with Crippen LogP contribution in [0.5, 0.6) is 0 Å². The average Bonchev–Trinajstić information content (AvgIpc) is 3.05. The minimum absolute atomic E-state index is 0.360. The van der Waals surface area contributed by atoms with Crippen LogP contribution in [0.15, 0.2) is 18.3 Å². The summed E-state index contributed by atoms with van der Waals surface area (Å²) < 4.78 is 0. The Morgan fingerprint density at radius 3 is 3.00 bits per heavy atom. The summed E-state index contributed by atoms with van der Waals surface area (Å²) >= 11 is 6.17. The standard InChI is InChI=1S/C12H17ClN2/c1-2-7-14-11(9-5-6-9)12-10(13)4-3-8-15-12/h3-4,8-9,11,14H,2,5-7H2,1H3. The van der Waals surface area contributed by atoms with Crippen LogP contribution in [0.25, 0.3) is 0 Å². The number of rotatable bonds is 5. The first kappa shape index (κ1) is 10.9. The summed E-state index contributed by atoms with van der Waals surface area (Å²) in [6.07, 6.45) is 5.57. The van der Waals surface area contributed by atoms with Gasteiger partial charge in [-0.3, -0.25) is 4.98 Å². The fourth-order valence-corrected chi connectivity index (χ4v) is 2.08. The zero-order chi connectivity index (χ0) is 10.7. The van der Waals surface area contributed by atoms with Crippen molar-refractivity contribution in [2.24, 2.45) is 5.92 Å². The summed E-state index contributed by atoms with van der Waals surface area (Å²) in [5.74, 6) is 0.740. The first-order valence-corrected chi connectivity index (χ1v) is 6.04. The summed E-state index contributed by atoms with van der Waals surface area (Å²) in [6.45, 7) is 3.21. The molecule has 15 heavy (non-hydrogen) atoms. The molecular weight excluding hydrogens is 208 g/mol. The van der Waals surface area contributed by atoms with E-state index < -0.39 is 0 Å². The smallest absolute Gasteiger partial charge is 0.0761 e. The van der Waals surface area contributed by atoms with Crippen molar-refractivity contribution in [3.05, 3.63) is 29.0 Å². The fraction of sp³-hybridized carbons (Fsp3) is 0.583. The maximum Gasteiger partial charge on any atom is 0.0761 e. The second-order valence-corrected chi connectivity index (χ2v) is 4.55. The topological polar surface area (TPSA) is 24.9 Å². The molecule has 1 fully saturated rings. The van der Waals surface area contributed by atoms with Gasteiger partial charge in [0, 0.05) is 6.20 Å². The molecule has 1 aromatic rings. The maximum atomic E-state index is 6.17. The van der Waals surface area contributed by atoms with Crippen molar-refractivity contribution in [3.63, 3.8) is 0 Å². The number of hydrogen-bond acceptors (Lipinski definition) is 2. The van der Waals surface area contributed by atoms with E-state index in [4.69, 9.17) is 11.6 Å². The molecule has 0 aromatic carbocycles. The number of pyridine rings is 1. The lowest BCUT2D eigenvalue weighted by Gasteiger charge is -2.18. The van der Waals surface area contributed by atoms with E-state index in [-0.39, 0.29) is 0 Å². The largest absolute Gasteiger partial charge is 0.308 e. The molecule has 82 valence electrons. The predicted molar refractivity (Wildman–Crippen MR) is 63.0 cm³/mol. The van der Waals surface area contributed by atoms with Crippen LogP contribution in [0.1, 0.15) is 37.9 Å². The monoisotopic (exact) mass is 224 g/mol. The molecule has 1 saturated carbocycles. The SMILES string of the molecule is CCCNC(c1ncccc1Cl)C1CC1. The molecule has 1 N–H and O–H groups in total. The van der Waals surface area contributed by atoms with Gasteiger partial charge in [0.2, 0.25) is 0 Å². The fourth-order valence-electron chi connectivity index (χ4n) is 1.84. The van der Waals surface area contributed by atoms with Gasteiger partial charge in [-0.15, -0.1) is 0 Å². The summed E-state index contributed by atoms with van der Waals surface area (Å²) in [5, 5.41) is 4.33. The van der Waals surface area contributed by atoms with E-state index in [0.29, 0.717) is 6.04 Å². The van der Waals surface area contributed by atoms with Crippen LogP contribution in [0.2, 0.25) is 5.02 Å². The van der Waals surface area contributed by atoms with Gasteiger partial charge >= 0.3 is 0 Å². The number of hydrogen-bond donors (Lipinski definition) is 1. The Morgan fingerprint density at radius 1 is 1.60 bits per heavy atom. The minimum atomic E-state index is 0.360. The van der Waals surface area contributed by atoms with Crippen molar-refractivity contribution in [1.29, 1.82) is 0 Å². The lowest BCUT2D eigenvalue weighted by molar-refractivity contribution is 0.471. The van der Waals surface area contributed by atoms with Gasteiger partial charge in [0.05, 0.1) is 16.8 Å². The molecule has 0 radical (unpaired) electrons. The Labute approximate surface area is 96.1 Å². The highest BCUT2D eigenvalue weighted by Crippen LogP contribution is 2.41. The Morgan fingerprint density at radius 2 is 2.40 bits per heavy atom. The Bertz CT molecular complexity index is 323. The van der Waals surface area contributed by atoms with Crippen LogP contribution in [-0.2, 0) is 0 Å². The van der Waals surface area contributed by atoms with E-state index in [9.17, 15) is 0 Å². The van der Waals surface area contributed by atoms with Crippen LogP contribution < -0.4 is 5.32 Å². The van der Waals surface area contributed by atoms with E-state index in [1.54, 1.807) is 0 Å². The number of halogens is 1. The molecular formula is C12H17ClN2. The zero-order valence-electron chi connectivity index (χ0n) is 9.04. The summed E-state index contributed by atoms with van der Waals surface area (Å²) in [4.78, 5) is 4.40. The number of aromatic nitrogens is 1. The van der Waals surface area contributed by atoms with Gasteiger partial charge in [0.25, 0.3) is 0 Å². The van der Waals surface area contributed by atoms with Gasteiger partial charge < -0.3 is 5.32 Å². The third kappa shape index (κ3) is 2.70. The van der Waals surface area contributed by atoms with Crippen molar-refractivity contribution in [2.75, 3.05) is 6.54 Å². The van der Waals surface area contributed by atoms with Gasteiger partial charge in [-0.2, -0.15) is 0 Å². The zero-order valence-corrected chi connectivity index (χ0v) is 9.80. The Hall–Kier alpha value is -0.600. The third-order valence-electron chi connectivity index (χ3n) is 2.79. The molecule has 1 aliphatic rings. The molecule has 0 saturated heterocycles. The highest BCUT2D eigenvalue weighted by Gasteiger charge is 2.33. The van der Waals surface area contributed by atoms with E-state index >= 15 is 0 Å². The third-order valence-corrected chi connectivity index (χ3v) is 3.11. The number of nitrogens with one attached hydrogen (secondary N) is 1. The highest BCUT2D eigenvalue weighted by atomic mass is 35.5. The molecule has 1 heterocycles. The highest BCUT2D eigenvalue weighted by molar-refractivity contribution is 6.31. The van der Waals surface area contributed by atoms with Gasteiger partial charge in [-0.05, 0) is 43.9 Å². The van der Waals surface area contributed by atoms with Crippen LogP contribution in [0.3, 0.4) is 0 Å². The predicted octanol–water partition coefficient (Wildman–Crippen LogP) is 3.19. The van der Waals surface area contributed by atoms with Gasteiger partial charge in [-0.25, -0.2) is 0 Å². The van der Waals surface area contributed by atoms with E-state index in [0.717, 1.165) is 29.6 Å². The molecule has 3 heteroatoms. The second kappa shape index (κ2) is 4.95. The summed E-state index contributed by atoms with van der Waals surface area (Å²) in [5.41, 5.74) is 1.02. The maximum absolute atomic E-state index is 6.17. The Balaban J connectivity index is 2.13. The average molecular weight is 225 g/mol. The van der Waals surface area contributed by atoms with Crippen molar-refractivity contribution in [1.82, 2.24) is 10.3 Å². The summed E-state index contributed by atoms with van der Waals surface area (Å²) in [7, 11) is 0. The van der Waals surface area contributed by atoms with Crippen LogP contribution in [0.4, 0.5) is 0 Å². The number of nitrogens with zero attached hydrogens (tertiary/aromatic N) is 1. The molecule has 1 unspecified atom stereocenters. The summed E-state index contributed by atoms with van der Waals surface area (Å²) in [6, 6.07) is 4.17. The lowest BCUT2D eigenvalue weighted by Crippen LogP contribution is -2.24. The first-order chi connectivity index (χ1) is 7.33. The van der Waals surface area contributed by atoms with E-state index in [2.05, 4.69) is 17.2 Å². The molecule has 0 bridgehead atoms. The second-order valence-electron chi connectivity index (χ2n) is 4.14. The first-order valence-electron chi connectivity index (χ1n) is 5.66. The van der Waals surface area contributed by atoms with Gasteiger partial charge in [0.1, 0.15) is 0 Å². The minimum Gasteiger partial charge on any atom is -0.308 e. The Kier molecular flexibility index (Phi) is 3.60. The molecule has 2 nitrogen and oxygen atoms in total. The van der Waals surface area contributed by atoms with Crippen LogP contribution >= 0.6 is 11.6 Å². The lowest BCUT2D eigenvalue weighted by atomic mass is 10.1. The van der Waals surface area contributed by atoms with Crippen molar-refractivity contribution < 1.29 is 0 Å². The van der Waals surface area contributed by atoms with Crippen molar-refractivity contribution in [2.45, 2.75) is 32.2 Å². The van der Waals surface area contributed by atoms with Gasteiger partial charge in [-0.1, -0.05) is 18.5 Å². The normalized spacial score (nSPS) is 17.7. The van der Waals surface area contributed by atoms with Crippen LogP contribution in [0, 0.1) is 5.92 Å². The van der Waals surface area contributed by atoms with Crippen molar-refractivity contribution >= 4 is 11.6 Å². The van der Waals surface area contributed by atoms with Crippen molar-refractivity contribution in [3.8, 4) is 0 Å². The molecule has 1 atom stereocenters. The molecule has 0 aliphatic heterocycles. The van der Waals surface area contributed by atoms with E-state index in [1.165, 1.54) is 12.8 Å². The molecule has 0 amide bonds. The van der Waals surface area contributed by atoms with Gasteiger partial charge in [0.15, 0.2) is 0 Å². The van der Waals surface area contributed by atoms with Crippen LogP contribution in [-0.4, -0.2) is 11.5 Å². The van der Waals surface area contributed by atoms with E-state index in [1.807, 2.05) is 18.3 Å². The molecule has 0 spiro atoms. The molecule has 1 aromatic heterocycles.